The Labute approximate surface area is 102 Å². The molecule has 1 rings (SSSR count). The second kappa shape index (κ2) is 8.13. The van der Waals surface area contributed by atoms with Crippen molar-refractivity contribution >= 4 is 23.2 Å². The van der Waals surface area contributed by atoms with Gasteiger partial charge in [0, 0.05) is 5.02 Å². The lowest BCUT2D eigenvalue weighted by Gasteiger charge is -2.00. The summed E-state index contributed by atoms with van der Waals surface area (Å²) in [5, 5.41) is 14.3. The van der Waals surface area contributed by atoms with Crippen LogP contribution in [0.15, 0.2) is 29.3 Å². The second-order valence-electron chi connectivity index (χ2n) is 2.52. The second-order valence-corrected chi connectivity index (χ2v) is 2.96. The maximum Gasteiger partial charge on any atom is 0.291 e. The van der Waals surface area contributed by atoms with Crippen LogP contribution in [0.4, 0.5) is 5.69 Å². The fourth-order valence-corrected chi connectivity index (χ4v) is 0.997. The molecule has 4 N–H and O–H groups in total. The van der Waals surface area contributed by atoms with Crippen molar-refractivity contribution in [1.29, 1.82) is 0 Å². The molecule has 0 unspecified atom stereocenters. The molecule has 0 saturated carbocycles. The summed E-state index contributed by atoms with van der Waals surface area (Å²) in [6, 6.07) is 7.05. The van der Waals surface area contributed by atoms with E-state index in [0.717, 1.165) is 0 Å². The number of hydrogen-bond donors (Lipinski definition) is 3. The molecule has 0 saturated heterocycles. The zero-order chi connectivity index (χ0) is 13.3. The van der Waals surface area contributed by atoms with Crippen LogP contribution in [0.1, 0.15) is 0 Å². The number of nitrogens with zero attached hydrogens (tertiary/aromatic N) is 2. The topological polar surface area (TPSA) is 123 Å². The van der Waals surface area contributed by atoms with Crippen molar-refractivity contribution in [2.75, 3.05) is 7.11 Å². The highest BCUT2D eigenvalue weighted by Gasteiger charge is 1.93. The molecular weight excluding hydrogens is 252 g/mol. The summed E-state index contributed by atoms with van der Waals surface area (Å²) in [6.07, 6.45) is 0. The van der Waals surface area contributed by atoms with Crippen molar-refractivity contribution < 1.29 is 15.1 Å². The first-order chi connectivity index (χ1) is 7.95. The predicted molar refractivity (Wildman–Crippen MR) is 61.7 cm³/mol. The van der Waals surface area contributed by atoms with Gasteiger partial charge >= 0.3 is 0 Å². The van der Waals surface area contributed by atoms with Gasteiger partial charge in [0.15, 0.2) is 0 Å². The van der Waals surface area contributed by atoms with E-state index in [-0.39, 0.29) is 5.96 Å². The molecule has 0 bridgehead atoms. The minimum absolute atomic E-state index is 0.185. The summed E-state index contributed by atoms with van der Waals surface area (Å²) >= 11 is 5.74. The van der Waals surface area contributed by atoms with Crippen LogP contribution in [0, 0.1) is 10.1 Å². The van der Waals surface area contributed by atoms with Crippen LogP contribution < -0.4 is 11.2 Å². The highest BCUT2D eigenvalue weighted by molar-refractivity contribution is 6.30. The lowest BCUT2D eigenvalue weighted by molar-refractivity contribution is -0.742. The smallest absolute Gasteiger partial charge is 0.291 e. The van der Waals surface area contributed by atoms with E-state index in [1.54, 1.807) is 24.3 Å². The molecule has 1 aromatic carbocycles. The van der Waals surface area contributed by atoms with Crippen molar-refractivity contribution in [2.24, 2.45) is 10.7 Å². The number of hydroxylamine groups is 1. The van der Waals surface area contributed by atoms with Gasteiger partial charge in [-0.2, -0.15) is 0 Å². The minimum Gasteiger partial charge on any atom is -0.368 e. The summed E-state index contributed by atoms with van der Waals surface area (Å²) in [5.41, 5.74) is 8.51. The zero-order valence-corrected chi connectivity index (χ0v) is 9.59. The maximum absolute atomic E-state index is 8.36. The number of aliphatic imine (C=N–C) groups is 1. The fraction of sp³-hybridized carbons (Fsp3) is 0.125. The molecule has 1 aromatic rings. The van der Waals surface area contributed by atoms with E-state index in [1.165, 1.54) is 7.11 Å². The number of nitrogens with one attached hydrogen (secondary N) is 1. The average molecular weight is 263 g/mol. The van der Waals surface area contributed by atoms with Crippen LogP contribution >= 0.6 is 11.6 Å². The van der Waals surface area contributed by atoms with E-state index < -0.39 is 5.09 Å². The molecule has 94 valence electrons. The summed E-state index contributed by atoms with van der Waals surface area (Å²) in [7, 11) is 1.46. The minimum atomic E-state index is -1.50. The first-order valence-corrected chi connectivity index (χ1v) is 4.55. The van der Waals surface area contributed by atoms with Crippen LogP contribution in [0.3, 0.4) is 0 Å². The molecule has 0 aliphatic heterocycles. The van der Waals surface area contributed by atoms with Gasteiger partial charge < -0.3 is 10.9 Å². The molecule has 0 atom stereocenters. The first-order valence-electron chi connectivity index (χ1n) is 4.17. The zero-order valence-electron chi connectivity index (χ0n) is 8.83. The van der Waals surface area contributed by atoms with E-state index in [4.69, 9.17) is 32.7 Å². The molecule has 0 aromatic heterocycles. The van der Waals surface area contributed by atoms with Gasteiger partial charge in [-0.1, -0.05) is 17.7 Å². The fourth-order valence-electron chi connectivity index (χ4n) is 0.812. The summed E-state index contributed by atoms with van der Waals surface area (Å²) in [4.78, 5) is 16.9. The molecular formula is C8H11ClN4O4. The molecule has 0 amide bonds. The summed E-state index contributed by atoms with van der Waals surface area (Å²) in [5.74, 6) is 0.185. The van der Waals surface area contributed by atoms with E-state index in [9.17, 15) is 0 Å². The van der Waals surface area contributed by atoms with Gasteiger partial charge in [-0.15, -0.1) is 10.1 Å². The number of rotatable bonds is 2. The number of nitrogens with two attached hydrogens (primary N) is 1. The molecule has 0 aliphatic carbocycles. The highest BCUT2D eigenvalue weighted by atomic mass is 35.5. The van der Waals surface area contributed by atoms with Gasteiger partial charge in [-0.25, -0.2) is 10.5 Å². The first kappa shape index (κ1) is 14.9. The maximum atomic E-state index is 8.36. The third kappa shape index (κ3) is 8.90. The Bertz CT molecular complexity index is 395. The Hall–Kier alpha value is -2.06. The molecule has 0 heterocycles. The molecule has 0 fully saturated rings. The van der Waals surface area contributed by atoms with Crippen LogP contribution in [0.25, 0.3) is 0 Å². The SMILES string of the molecule is CONC(N)=Nc1cccc(Cl)c1.O=[N+]([O-])O. The Kier molecular flexibility index (Phi) is 7.15. The van der Waals surface area contributed by atoms with Gasteiger partial charge in [-0.3, -0.25) is 4.84 Å². The Morgan fingerprint density at radius 2 is 2.29 bits per heavy atom. The van der Waals surface area contributed by atoms with E-state index in [2.05, 4.69) is 15.3 Å². The van der Waals surface area contributed by atoms with Crippen LogP contribution in [0.5, 0.6) is 0 Å². The van der Waals surface area contributed by atoms with Crippen molar-refractivity contribution in [3.8, 4) is 0 Å². The van der Waals surface area contributed by atoms with Crippen LogP contribution in [-0.2, 0) is 4.84 Å². The predicted octanol–water partition coefficient (Wildman–Crippen LogP) is 1.09. The van der Waals surface area contributed by atoms with E-state index in [1.807, 2.05) is 0 Å². The number of benzene rings is 1. The van der Waals surface area contributed by atoms with Crippen LogP contribution in [-0.4, -0.2) is 23.4 Å². The largest absolute Gasteiger partial charge is 0.368 e. The average Bonchev–Trinajstić information content (AvgIpc) is 2.16. The van der Waals surface area contributed by atoms with Crippen LogP contribution in [0.2, 0.25) is 5.02 Å². The van der Waals surface area contributed by atoms with Gasteiger partial charge in [0.25, 0.3) is 5.09 Å². The number of guanidine groups is 1. The highest BCUT2D eigenvalue weighted by Crippen LogP contribution is 2.17. The Morgan fingerprint density at radius 3 is 2.76 bits per heavy atom. The van der Waals surface area contributed by atoms with Gasteiger partial charge in [0.2, 0.25) is 5.96 Å². The standard InChI is InChI=1S/C8H10ClN3O.HNO3/c1-13-12-8(10)11-7-4-2-3-6(9)5-7;2-1(3)4/h2-5H,1H3,(H3,10,11,12);(H,2,3,4). The molecule has 9 heteroatoms. The molecule has 17 heavy (non-hydrogen) atoms. The third-order valence-corrected chi connectivity index (χ3v) is 1.50. The Balaban J connectivity index is 0.000000557. The molecule has 8 nitrogen and oxygen atoms in total. The van der Waals surface area contributed by atoms with Crippen molar-refractivity contribution in [1.82, 2.24) is 5.48 Å². The van der Waals surface area contributed by atoms with Crippen molar-refractivity contribution in [2.45, 2.75) is 0 Å². The molecule has 0 radical (unpaired) electrons. The quantitative estimate of drug-likeness (QED) is 0.317. The monoisotopic (exact) mass is 262 g/mol. The number of hydrogen-bond acceptors (Lipinski definition) is 4. The number of halogens is 1. The normalized spacial score (nSPS) is 10.1. The summed E-state index contributed by atoms with van der Waals surface area (Å²) < 4.78 is 0. The Morgan fingerprint density at radius 1 is 1.71 bits per heavy atom. The van der Waals surface area contributed by atoms with Gasteiger partial charge in [0.05, 0.1) is 12.8 Å². The lowest BCUT2D eigenvalue weighted by Crippen LogP contribution is -2.29. The van der Waals surface area contributed by atoms with Gasteiger partial charge in [-0.05, 0) is 18.2 Å². The van der Waals surface area contributed by atoms with Crippen molar-refractivity contribution in [3.05, 3.63) is 39.4 Å². The molecule has 0 spiro atoms. The molecule has 0 aliphatic rings. The van der Waals surface area contributed by atoms with E-state index in [0.29, 0.717) is 10.7 Å². The lowest BCUT2D eigenvalue weighted by atomic mass is 10.3. The van der Waals surface area contributed by atoms with E-state index >= 15 is 0 Å². The third-order valence-electron chi connectivity index (χ3n) is 1.26. The van der Waals surface area contributed by atoms with Gasteiger partial charge in [0.1, 0.15) is 0 Å². The van der Waals surface area contributed by atoms with Crippen molar-refractivity contribution in [3.63, 3.8) is 0 Å². The summed E-state index contributed by atoms with van der Waals surface area (Å²) in [6.45, 7) is 0.